The molecule has 0 bridgehead atoms. The Morgan fingerprint density at radius 3 is 2.63 bits per heavy atom. The third-order valence-electron chi connectivity index (χ3n) is 5.60. The molecule has 0 radical (unpaired) electrons. The van der Waals surface area contributed by atoms with Crippen LogP contribution < -0.4 is 4.74 Å². The fourth-order valence-corrected chi connectivity index (χ4v) is 4.23. The first-order valence-electron chi connectivity index (χ1n) is 9.54. The molecule has 140 valence electrons. The maximum Gasteiger partial charge on any atom is 0.337 e. The highest BCUT2D eigenvalue weighted by molar-refractivity contribution is 5.89. The zero-order chi connectivity index (χ0) is 18.8. The van der Waals surface area contributed by atoms with Gasteiger partial charge in [-0.05, 0) is 60.7 Å². The van der Waals surface area contributed by atoms with E-state index in [-0.39, 0.29) is 5.97 Å². The fourth-order valence-electron chi connectivity index (χ4n) is 4.23. The molecule has 1 heterocycles. The van der Waals surface area contributed by atoms with Crippen molar-refractivity contribution in [3.05, 3.63) is 65.4 Å². The lowest BCUT2D eigenvalue weighted by Gasteiger charge is -2.16. The third kappa shape index (κ3) is 3.44. The van der Waals surface area contributed by atoms with E-state index in [2.05, 4.69) is 28.8 Å². The molecule has 0 spiro atoms. The second-order valence-electron chi connectivity index (χ2n) is 7.25. The fraction of sp³-hybridized carbons (Fsp3) is 0.348. The van der Waals surface area contributed by atoms with E-state index in [4.69, 9.17) is 9.47 Å². The van der Waals surface area contributed by atoms with E-state index < -0.39 is 0 Å². The van der Waals surface area contributed by atoms with Gasteiger partial charge < -0.3 is 14.0 Å². The third-order valence-corrected chi connectivity index (χ3v) is 5.60. The summed E-state index contributed by atoms with van der Waals surface area (Å²) in [6, 6.07) is 16.3. The topological polar surface area (TPSA) is 40.5 Å². The molecule has 0 atom stereocenters. The van der Waals surface area contributed by atoms with Crippen LogP contribution in [0.5, 0.6) is 5.75 Å². The van der Waals surface area contributed by atoms with Crippen molar-refractivity contribution in [2.45, 2.75) is 38.1 Å². The Kier molecular flexibility index (Phi) is 4.88. The summed E-state index contributed by atoms with van der Waals surface area (Å²) in [7, 11) is 3.12. The first-order chi connectivity index (χ1) is 13.2. The van der Waals surface area contributed by atoms with Gasteiger partial charge in [0.15, 0.2) is 0 Å². The predicted molar refractivity (Wildman–Crippen MR) is 107 cm³/mol. The molecular formula is C23H25NO3. The second kappa shape index (κ2) is 7.47. The summed E-state index contributed by atoms with van der Waals surface area (Å²) >= 11 is 0. The minimum atomic E-state index is -0.296. The molecule has 0 aliphatic heterocycles. The predicted octanol–water partition coefficient (Wildman–Crippen LogP) is 5.14. The quantitative estimate of drug-likeness (QED) is 0.589. The molecule has 1 saturated carbocycles. The van der Waals surface area contributed by atoms with Crippen molar-refractivity contribution in [3.63, 3.8) is 0 Å². The van der Waals surface area contributed by atoms with Crippen LogP contribution in [0.25, 0.3) is 10.9 Å². The van der Waals surface area contributed by atoms with Crippen molar-refractivity contribution < 1.29 is 14.3 Å². The molecule has 1 fully saturated rings. The highest BCUT2D eigenvalue weighted by atomic mass is 16.5. The molecular weight excluding hydrogens is 338 g/mol. The number of ether oxygens (including phenoxy) is 2. The van der Waals surface area contributed by atoms with Crippen molar-refractivity contribution in [3.8, 4) is 5.75 Å². The van der Waals surface area contributed by atoms with Crippen LogP contribution in [0, 0.1) is 0 Å². The summed E-state index contributed by atoms with van der Waals surface area (Å²) in [5.74, 6) is 1.19. The van der Waals surface area contributed by atoms with Gasteiger partial charge in [-0.1, -0.05) is 25.0 Å². The van der Waals surface area contributed by atoms with Crippen molar-refractivity contribution in [2.24, 2.45) is 0 Å². The Bertz CT molecular complexity index is 967. The molecule has 4 nitrogen and oxygen atoms in total. The monoisotopic (exact) mass is 363 g/mol. The minimum absolute atomic E-state index is 0.296. The number of nitrogens with zero attached hydrogens (tertiary/aromatic N) is 1. The molecule has 3 aromatic rings. The number of hydrogen-bond acceptors (Lipinski definition) is 3. The number of benzene rings is 2. The molecule has 0 N–H and O–H groups in total. The zero-order valence-electron chi connectivity index (χ0n) is 15.9. The van der Waals surface area contributed by atoms with E-state index >= 15 is 0 Å². The first-order valence-corrected chi connectivity index (χ1v) is 9.54. The van der Waals surface area contributed by atoms with Crippen molar-refractivity contribution >= 4 is 16.9 Å². The molecule has 27 heavy (non-hydrogen) atoms. The normalized spacial score (nSPS) is 14.6. The van der Waals surface area contributed by atoms with Crippen LogP contribution in [0.1, 0.15) is 53.2 Å². The first kappa shape index (κ1) is 17.7. The van der Waals surface area contributed by atoms with Gasteiger partial charge in [0.05, 0.1) is 19.8 Å². The van der Waals surface area contributed by atoms with Gasteiger partial charge in [0.25, 0.3) is 0 Å². The maximum absolute atomic E-state index is 11.9. The van der Waals surface area contributed by atoms with E-state index in [1.54, 1.807) is 13.2 Å². The smallest absolute Gasteiger partial charge is 0.337 e. The van der Waals surface area contributed by atoms with Crippen LogP contribution in [0.3, 0.4) is 0 Å². The minimum Gasteiger partial charge on any atom is -0.497 e. The maximum atomic E-state index is 11.9. The van der Waals surface area contributed by atoms with Gasteiger partial charge in [0.1, 0.15) is 5.75 Å². The lowest BCUT2D eigenvalue weighted by atomic mass is 10.0. The molecule has 4 heteroatoms. The summed E-state index contributed by atoms with van der Waals surface area (Å²) in [4.78, 5) is 11.9. The van der Waals surface area contributed by atoms with Gasteiger partial charge >= 0.3 is 5.97 Å². The molecule has 2 aromatic carbocycles. The van der Waals surface area contributed by atoms with Crippen molar-refractivity contribution in [1.82, 2.24) is 4.57 Å². The Labute approximate surface area is 159 Å². The van der Waals surface area contributed by atoms with Crippen LogP contribution in [0.2, 0.25) is 0 Å². The summed E-state index contributed by atoms with van der Waals surface area (Å²) < 4.78 is 12.7. The summed E-state index contributed by atoms with van der Waals surface area (Å²) in [6.45, 7) is 0.743. The molecule has 1 aliphatic rings. The Morgan fingerprint density at radius 2 is 1.89 bits per heavy atom. The van der Waals surface area contributed by atoms with Gasteiger partial charge in [0, 0.05) is 23.1 Å². The molecule has 1 aromatic heterocycles. The standard InChI is InChI=1S/C23H25NO3/c1-26-20-10-11-21-19(13-20)14-22(17-7-3-4-8-17)24(21)15-16-6-5-9-18(12-16)23(25)27-2/h5-6,9-14,17H,3-4,7-8,15H2,1-2H3. The van der Waals surface area contributed by atoms with Gasteiger partial charge in [-0.25, -0.2) is 4.79 Å². The summed E-state index contributed by atoms with van der Waals surface area (Å²) in [5.41, 5.74) is 4.29. The van der Waals surface area contributed by atoms with Crippen LogP contribution >= 0.6 is 0 Å². The molecule has 0 saturated heterocycles. The highest BCUT2D eigenvalue weighted by Crippen LogP contribution is 2.38. The molecule has 1 aliphatic carbocycles. The molecule has 0 unspecified atom stereocenters. The number of hydrogen-bond donors (Lipinski definition) is 0. The van der Waals surface area contributed by atoms with Crippen LogP contribution in [0.15, 0.2) is 48.5 Å². The largest absolute Gasteiger partial charge is 0.497 e. The average molecular weight is 363 g/mol. The Morgan fingerprint density at radius 1 is 1.07 bits per heavy atom. The van der Waals surface area contributed by atoms with E-state index in [0.717, 1.165) is 17.9 Å². The van der Waals surface area contributed by atoms with E-state index in [9.17, 15) is 4.79 Å². The van der Waals surface area contributed by atoms with Crippen molar-refractivity contribution in [1.29, 1.82) is 0 Å². The number of carbonyl (C=O) groups is 1. The molecule has 4 rings (SSSR count). The number of aromatic nitrogens is 1. The van der Waals surface area contributed by atoms with E-state index in [0.29, 0.717) is 11.5 Å². The number of carbonyl (C=O) groups excluding carboxylic acids is 1. The van der Waals surface area contributed by atoms with E-state index in [1.165, 1.54) is 49.4 Å². The second-order valence-corrected chi connectivity index (χ2v) is 7.25. The summed E-state index contributed by atoms with van der Waals surface area (Å²) in [6.07, 6.45) is 5.09. The lowest BCUT2D eigenvalue weighted by Crippen LogP contribution is -2.08. The molecule has 0 amide bonds. The van der Waals surface area contributed by atoms with Gasteiger partial charge in [-0.2, -0.15) is 0 Å². The van der Waals surface area contributed by atoms with Gasteiger partial charge in [-0.15, -0.1) is 0 Å². The Balaban J connectivity index is 1.77. The van der Waals surface area contributed by atoms with Gasteiger partial charge in [-0.3, -0.25) is 0 Å². The van der Waals surface area contributed by atoms with Crippen molar-refractivity contribution in [2.75, 3.05) is 14.2 Å². The van der Waals surface area contributed by atoms with E-state index in [1.807, 2.05) is 18.2 Å². The number of rotatable bonds is 5. The highest BCUT2D eigenvalue weighted by Gasteiger charge is 2.22. The van der Waals surface area contributed by atoms with Crippen LogP contribution in [-0.2, 0) is 11.3 Å². The number of methoxy groups -OCH3 is 2. The van der Waals surface area contributed by atoms with Crippen LogP contribution in [0.4, 0.5) is 0 Å². The Hall–Kier alpha value is -2.75. The van der Waals surface area contributed by atoms with Gasteiger partial charge in [0.2, 0.25) is 0 Å². The zero-order valence-corrected chi connectivity index (χ0v) is 15.9. The summed E-state index contributed by atoms with van der Waals surface area (Å²) in [5, 5.41) is 1.21. The number of fused-ring (bicyclic) bond motifs is 1. The SMILES string of the molecule is COC(=O)c1cccc(Cn2c(C3CCCC3)cc3cc(OC)ccc32)c1. The van der Waals surface area contributed by atoms with Crippen LogP contribution in [-0.4, -0.2) is 24.8 Å². The number of esters is 1. The lowest BCUT2D eigenvalue weighted by molar-refractivity contribution is 0.0600. The average Bonchev–Trinajstić information content (AvgIpc) is 3.35.